The quantitative estimate of drug-likeness (QED) is 0.875. The average molecular weight is 259 g/mol. The van der Waals surface area contributed by atoms with Crippen LogP contribution in [0.5, 0.6) is 5.75 Å². The monoisotopic (exact) mass is 259 g/mol. The van der Waals surface area contributed by atoms with Crippen LogP contribution in [0.4, 0.5) is 0 Å². The summed E-state index contributed by atoms with van der Waals surface area (Å²) in [5, 5.41) is 12.2. The van der Waals surface area contributed by atoms with Crippen LogP contribution < -0.4 is 10.1 Å². The summed E-state index contributed by atoms with van der Waals surface area (Å²) in [6, 6.07) is 10.5. The van der Waals surface area contributed by atoms with Crippen molar-refractivity contribution in [3.63, 3.8) is 0 Å². The highest BCUT2D eigenvalue weighted by Crippen LogP contribution is 2.18. The zero-order valence-corrected chi connectivity index (χ0v) is 11.4. The third-order valence-corrected chi connectivity index (χ3v) is 3.56. The van der Waals surface area contributed by atoms with E-state index < -0.39 is 0 Å². The smallest absolute Gasteiger partial charge is 0.174 e. The van der Waals surface area contributed by atoms with Crippen molar-refractivity contribution < 1.29 is 4.74 Å². The number of rotatable bonds is 5. The summed E-state index contributed by atoms with van der Waals surface area (Å²) in [5.41, 5.74) is 1.12. The zero-order chi connectivity index (χ0) is 13.5. The highest BCUT2D eigenvalue weighted by atomic mass is 16.5. The third-order valence-electron chi connectivity index (χ3n) is 3.56. The van der Waals surface area contributed by atoms with Crippen LogP contribution in [0.15, 0.2) is 24.3 Å². The lowest BCUT2D eigenvalue weighted by Crippen LogP contribution is -2.40. The molecule has 1 aliphatic rings. The summed E-state index contributed by atoms with van der Waals surface area (Å²) < 4.78 is 5.43. The minimum absolute atomic E-state index is 0.102. The number of nitrogens with zero attached hydrogens (tertiary/aromatic N) is 2. The van der Waals surface area contributed by atoms with Gasteiger partial charge in [0.25, 0.3) is 0 Å². The number of benzene rings is 1. The van der Waals surface area contributed by atoms with E-state index in [-0.39, 0.29) is 6.61 Å². The summed E-state index contributed by atoms with van der Waals surface area (Å²) in [5.74, 6) is 0.810. The van der Waals surface area contributed by atoms with Crippen molar-refractivity contribution in [1.82, 2.24) is 10.2 Å². The number of hydrogen-bond acceptors (Lipinski definition) is 4. The normalized spacial score (nSPS) is 17.1. The number of ether oxygens (including phenoxy) is 1. The van der Waals surface area contributed by atoms with E-state index in [1.54, 1.807) is 0 Å². The van der Waals surface area contributed by atoms with E-state index in [9.17, 15) is 0 Å². The van der Waals surface area contributed by atoms with Crippen molar-refractivity contribution in [2.24, 2.45) is 0 Å². The van der Waals surface area contributed by atoms with Crippen molar-refractivity contribution in [3.8, 4) is 11.8 Å². The predicted octanol–water partition coefficient (Wildman–Crippen LogP) is 1.77. The molecule has 1 aliphatic heterocycles. The van der Waals surface area contributed by atoms with Crippen LogP contribution in [0, 0.1) is 11.3 Å². The standard InChI is InChI=1S/C15H21N3O/c1-18-9-6-14(7-10-18)17-12-13-4-2-3-5-15(13)19-11-8-16/h2-5,14,17H,6-7,9-12H2,1H3. The van der Waals surface area contributed by atoms with E-state index in [1.807, 2.05) is 24.3 Å². The van der Waals surface area contributed by atoms with Crippen LogP contribution in [0.1, 0.15) is 18.4 Å². The van der Waals surface area contributed by atoms with Crippen molar-refractivity contribution in [2.75, 3.05) is 26.7 Å². The number of nitriles is 1. The third kappa shape index (κ3) is 4.23. The van der Waals surface area contributed by atoms with Gasteiger partial charge in [0.05, 0.1) is 0 Å². The Morgan fingerprint density at radius 3 is 2.84 bits per heavy atom. The second-order valence-electron chi connectivity index (χ2n) is 5.01. The van der Waals surface area contributed by atoms with Crippen LogP contribution in [0.3, 0.4) is 0 Å². The Morgan fingerprint density at radius 2 is 2.11 bits per heavy atom. The molecule has 4 nitrogen and oxygen atoms in total. The molecule has 2 rings (SSSR count). The van der Waals surface area contributed by atoms with Gasteiger partial charge in [-0.05, 0) is 39.0 Å². The van der Waals surface area contributed by atoms with Crippen LogP contribution in [-0.2, 0) is 6.54 Å². The molecule has 0 spiro atoms. The van der Waals surface area contributed by atoms with Gasteiger partial charge in [0, 0.05) is 18.2 Å². The van der Waals surface area contributed by atoms with Gasteiger partial charge in [-0.25, -0.2) is 0 Å². The Bertz CT molecular complexity index is 433. The Hall–Kier alpha value is -1.57. The first-order valence-electron chi connectivity index (χ1n) is 6.79. The summed E-state index contributed by atoms with van der Waals surface area (Å²) in [4.78, 5) is 2.36. The van der Waals surface area contributed by atoms with E-state index in [2.05, 4.69) is 23.3 Å². The summed E-state index contributed by atoms with van der Waals surface area (Å²) >= 11 is 0. The molecule has 0 bridgehead atoms. The maximum atomic E-state index is 8.58. The molecule has 1 aromatic rings. The molecule has 1 N–H and O–H groups in total. The van der Waals surface area contributed by atoms with Gasteiger partial charge in [0.2, 0.25) is 0 Å². The lowest BCUT2D eigenvalue weighted by molar-refractivity contribution is 0.233. The lowest BCUT2D eigenvalue weighted by atomic mass is 10.1. The van der Waals surface area contributed by atoms with E-state index in [0.29, 0.717) is 6.04 Å². The molecule has 0 atom stereocenters. The first-order chi connectivity index (χ1) is 9.29. The Labute approximate surface area is 115 Å². The van der Waals surface area contributed by atoms with Crippen LogP contribution >= 0.6 is 0 Å². The molecule has 1 saturated heterocycles. The Kier molecular flexibility index (Phi) is 5.20. The fourth-order valence-corrected chi connectivity index (χ4v) is 2.37. The minimum Gasteiger partial charge on any atom is -0.478 e. The molecule has 0 saturated carbocycles. The summed E-state index contributed by atoms with van der Waals surface area (Å²) in [7, 11) is 2.17. The first kappa shape index (κ1) is 13.9. The van der Waals surface area contributed by atoms with Gasteiger partial charge in [0.1, 0.15) is 11.8 Å². The van der Waals surface area contributed by atoms with Gasteiger partial charge in [-0.1, -0.05) is 18.2 Å². The van der Waals surface area contributed by atoms with Crippen molar-refractivity contribution in [3.05, 3.63) is 29.8 Å². The molecule has 1 heterocycles. The fraction of sp³-hybridized carbons (Fsp3) is 0.533. The maximum Gasteiger partial charge on any atom is 0.174 e. The molecule has 0 amide bonds. The Balaban J connectivity index is 1.87. The van der Waals surface area contributed by atoms with Gasteiger partial charge in [0.15, 0.2) is 6.61 Å². The molecular formula is C15H21N3O. The minimum atomic E-state index is 0.102. The number of piperidine rings is 1. The molecule has 0 radical (unpaired) electrons. The van der Waals surface area contributed by atoms with E-state index >= 15 is 0 Å². The molecule has 1 fully saturated rings. The molecule has 1 aromatic carbocycles. The summed E-state index contributed by atoms with van der Waals surface area (Å²) in [6.07, 6.45) is 2.38. The predicted molar refractivity (Wildman–Crippen MR) is 74.9 cm³/mol. The zero-order valence-electron chi connectivity index (χ0n) is 11.4. The maximum absolute atomic E-state index is 8.58. The van der Waals surface area contributed by atoms with Crippen molar-refractivity contribution in [1.29, 1.82) is 5.26 Å². The number of likely N-dealkylation sites (tertiary alicyclic amines) is 1. The van der Waals surface area contributed by atoms with Crippen LogP contribution in [0.25, 0.3) is 0 Å². The van der Waals surface area contributed by atoms with Gasteiger partial charge in [-0.3, -0.25) is 0 Å². The highest BCUT2D eigenvalue weighted by Gasteiger charge is 2.16. The van der Waals surface area contributed by atoms with Gasteiger partial charge in [-0.15, -0.1) is 0 Å². The topological polar surface area (TPSA) is 48.3 Å². The van der Waals surface area contributed by atoms with Gasteiger partial charge >= 0.3 is 0 Å². The highest BCUT2D eigenvalue weighted by molar-refractivity contribution is 5.33. The van der Waals surface area contributed by atoms with Crippen LogP contribution in [0.2, 0.25) is 0 Å². The van der Waals surface area contributed by atoms with Gasteiger partial charge < -0.3 is 15.0 Å². The molecule has 102 valence electrons. The van der Waals surface area contributed by atoms with E-state index in [1.165, 1.54) is 12.8 Å². The largest absolute Gasteiger partial charge is 0.478 e. The molecular weight excluding hydrogens is 238 g/mol. The van der Waals surface area contributed by atoms with Crippen molar-refractivity contribution in [2.45, 2.75) is 25.4 Å². The second-order valence-corrected chi connectivity index (χ2v) is 5.01. The fourth-order valence-electron chi connectivity index (χ4n) is 2.37. The molecule has 0 aliphatic carbocycles. The lowest BCUT2D eigenvalue weighted by Gasteiger charge is -2.29. The van der Waals surface area contributed by atoms with Crippen molar-refractivity contribution >= 4 is 0 Å². The SMILES string of the molecule is CN1CCC(NCc2ccccc2OCC#N)CC1. The molecule has 19 heavy (non-hydrogen) atoms. The van der Waals surface area contributed by atoms with E-state index in [4.69, 9.17) is 10.00 Å². The number of hydrogen-bond donors (Lipinski definition) is 1. The van der Waals surface area contributed by atoms with E-state index in [0.717, 1.165) is 30.9 Å². The number of para-hydroxylation sites is 1. The second kappa shape index (κ2) is 7.13. The Morgan fingerprint density at radius 1 is 1.37 bits per heavy atom. The molecule has 0 unspecified atom stereocenters. The molecule has 4 heteroatoms. The first-order valence-corrected chi connectivity index (χ1v) is 6.79. The van der Waals surface area contributed by atoms with Crippen LogP contribution in [-0.4, -0.2) is 37.7 Å². The summed E-state index contributed by atoms with van der Waals surface area (Å²) in [6.45, 7) is 3.22. The molecule has 0 aromatic heterocycles. The number of nitrogens with one attached hydrogen (secondary N) is 1. The average Bonchev–Trinajstić information content (AvgIpc) is 2.45. The van der Waals surface area contributed by atoms with Gasteiger partial charge in [-0.2, -0.15) is 5.26 Å².